The Bertz CT molecular complexity index is 391. The molecule has 0 radical (unpaired) electrons. The lowest BCUT2D eigenvalue weighted by Gasteiger charge is -2.14. The number of hydrogen-bond donors (Lipinski definition) is 2. The Balaban J connectivity index is 0.00000200. The van der Waals surface area contributed by atoms with E-state index in [0.29, 0.717) is 13.0 Å². The lowest BCUT2D eigenvalue weighted by Crippen LogP contribution is -2.31. The molecule has 1 atom stereocenters. The first-order valence-corrected chi connectivity index (χ1v) is 7.33. The number of carbonyl (C=O) groups is 1. The normalized spacial score (nSPS) is 16.4. The Labute approximate surface area is 127 Å². The molecule has 2 rings (SSSR count). The maximum atomic E-state index is 11.8. The van der Waals surface area contributed by atoms with Crippen LogP contribution in [-0.2, 0) is 4.79 Å². The van der Waals surface area contributed by atoms with E-state index in [2.05, 4.69) is 5.32 Å². The molecule has 20 heavy (non-hydrogen) atoms. The fraction of sp³-hybridized carbons (Fsp3) is 0.562. The van der Waals surface area contributed by atoms with Gasteiger partial charge >= 0.3 is 0 Å². The van der Waals surface area contributed by atoms with Crippen molar-refractivity contribution < 1.29 is 4.79 Å². The molecule has 1 fully saturated rings. The van der Waals surface area contributed by atoms with Crippen LogP contribution in [-0.4, -0.2) is 12.5 Å². The van der Waals surface area contributed by atoms with Gasteiger partial charge in [-0.2, -0.15) is 0 Å². The maximum absolute atomic E-state index is 11.8. The van der Waals surface area contributed by atoms with Crippen LogP contribution in [0.4, 0.5) is 0 Å². The van der Waals surface area contributed by atoms with E-state index in [0.717, 1.165) is 17.9 Å². The number of rotatable bonds is 6. The molecular weight excluding hydrogens is 272 g/mol. The van der Waals surface area contributed by atoms with E-state index in [9.17, 15) is 4.79 Å². The second-order valence-corrected chi connectivity index (χ2v) is 5.51. The molecular formula is C16H25ClN2O. The first kappa shape index (κ1) is 17.0. The second-order valence-electron chi connectivity index (χ2n) is 5.51. The summed E-state index contributed by atoms with van der Waals surface area (Å²) in [4.78, 5) is 11.8. The van der Waals surface area contributed by atoms with Gasteiger partial charge in [0.2, 0.25) is 5.91 Å². The van der Waals surface area contributed by atoms with Crippen molar-refractivity contribution in [2.24, 2.45) is 11.7 Å². The quantitative estimate of drug-likeness (QED) is 0.847. The predicted molar refractivity (Wildman–Crippen MR) is 84.8 cm³/mol. The molecule has 1 saturated carbocycles. The van der Waals surface area contributed by atoms with Crippen molar-refractivity contribution in [1.82, 2.24) is 5.32 Å². The monoisotopic (exact) mass is 296 g/mol. The smallest absolute Gasteiger partial charge is 0.220 e. The molecule has 0 saturated heterocycles. The van der Waals surface area contributed by atoms with Gasteiger partial charge in [0.15, 0.2) is 0 Å². The summed E-state index contributed by atoms with van der Waals surface area (Å²) >= 11 is 0. The van der Waals surface area contributed by atoms with Crippen LogP contribution in [0, 0.1) is 5.92 Å². The summed E-state index contributed by atoms with van der Waals surface area (Å²) in [6.07, 6.45) is 6.96. The fourth-order valence-electron chi connectivity index (χ4n) is 2.76. The van der Waals surface area contributed by atoms with E-state index < -0.39 is 0 Å². The fourth-order valence-corrected chi connectivity index (χ4v) is 2.76. The zero-order valence-electron chi connectivity index (χ0n) is 11.9. The summed E-state index contributed by atoms with van der Waals surface area (Å²) in [6, 6.07) is 9.78. The van der Waals surface area contributed by atoms with E-state index in [-0.39, 0.29) is 24.4 Å². The highest BCUT2D eigenvalue weighted by Crippen LogP contribution is 2.28. The first-order valence-electron chi connectivity index (χ1n) is 7.33. The Morgan fingerprint density at radius 3 is 2.55 bits per heavy atom. The molecule has 0 aliphatic heterocycles. The Morgan fingerprint density at radius 2 is 1.90 bits per heavy atom. The highest BCUT2D eigenvalue weighted by molar-refractivity contribution is 5.85. The van der Waals surface area contributed by atoms with Gasteiger partial charge in [-0.15, -0.1) is 12.4 Å². The lowest BCUT2D eigenvalue weighted by atomic mass is 10.0. The van der Waals surface area contributed by atoms with Gasteiger partial charge < -0.3 is 11.1 Å². The third-order valence-corrected chi connectivity index (χ3v) is 4.00. The van der Waals surface area contributed by atoms with Crippen molar-refractivity contribution in [3.05, 3.63) is 35.9 Å². The summed E-state index contributed by atoms with van der Waals surface area (Å²) in [6.45, 7) is 0.521. The van der Waals surface area contributed by atoms with Crippen molar-refractivity contribution in [3.8, 4) is 0 Å². The van der Waals surface area contributed by atoms with Crippen LogP contribution in [0.1, 0.15) is 50.1 Å². The maximum Gasteiger partial charge on any atom is 0.220 e. The Morgan fingerprint density at radius 1 is 1.25 bits per heavy atom. The van der Waals surface area contributed by atoms with E-state index in [1.807, 2.05) is 30.3 Å². The van der Waals surface area contributed by atoms with Gasteiger partial charge in [0.1, 0.15) is 0 Å². The summed E-state index contributed by atoms with van der Waals surface area (Å²) in [5.41, 5.74) is 7.12. The number of amides is 1. The molecule has 112 valence electrons. The molecule has 1 aromatic carbocycles. The van der Waals surface area contributed by atoms with Crippen molar-refractivity contribution in [3.63, 3.8) is 0 Å². The molecule has 0 spiro atoms. The van der Waals surface area contributed by atoms with Crippen LogP contribution >= 0.6 is 12.4 Å². The van der Waals surface area contributed by atoms with Crippen LogP contribution < -0.4 is 11.1 Å². The number of benzene rings is 1. The molecule has 0 aromatic heterocycles. The van der Waals surface area contributed by atoms with Crippen molar-refractivity contribution in [2.75, 3.05) is 6.54 Å². The highest BCUT2D eigenvalue weighted by atomic mass is 35.5. The molecule has 4 heteroatoms. The summed E-state index contributed by atoms with van der Waals surface area (Å²) in [5.74, 6) is 0.909. The largest absolute Gasteiger partial charge is 0.354 e. The van der Waals surface area contributed by atoms with Crippen LogP contribution in [0.2, 0.25) is 0 Å². The molecule has 1 unspecified atom stereocenters. The lowest BCUT2D eigenvalue weighted by molar-refractivity contribution is -0.121. The Hall–Kier alpha value is -1.06. The van der Waals surface area contributed by atoms with Gasteiger partial charge in [-0.1, -0.05) is 56.0 Å². The number of carbonyl (C=O) groups excluding carboxylic acids is 1. The third kappa shape index (κ3) is 5.51. The predicted octanol–water partition coefficient (Wildman–Crippen LogP) is 3.19. The van der Waals surface area contributed by atoms with Crippen LogP contribution in [0.5, 0.6) is 0 Å². The average Bonchev–Trinajstić information content (AvgIpc) is 2.96. The minimum Gasteiger partial charge on any atom is -0.354 e. The molecule has 1 aromatic rings. The summed E-state index contributed by atoms with van der Waals surface area (Å²) in [5, 5.41) is 2.94. The first-order chi connectivity index (χ1) is 9.25. The number of nitrogens with two attached hydrogens (primary N) is 1. The topological polar surface area (TPSA) is 55.1 Å². The van der Waals surface area contributed by atoms with E-state index >= 15 is 0 Å². The van der Waals surface area contributed by atoms with Crippen molar-refractivity contribution in [1.29, 1.82) is 0 Å². The number of hydrogen-bond acceptors (Lipinski definition) is 2. The zero-order valence-corrected chi connectivity index (χ0v) is 12.7. The summed E-state index contributed by atoms with van der Waals surface area (Å²) < 4.78 is 0. The van der Waals surface area contributed by atoms with E-state index in [4.69, 9.17) is 5.73 Å². The molecule has 3 N–H and O–H groups in total. The Kier molecular flexibility index (Phi) is 7.63. The average molecular weight is 297 g/mol. The second kappa shape index (κ2) is 8.98. The van der Waals surface area contributed by atoms with Gasteiger partial charge in [0.05, 0.1) is 0 Å². The standard InChI is InChI=1S/C16H24N2O.ClH/c17-15(14-8-2-1-3-9-14)12-18-16(19)11-10-13-6-4-5-7-13;/h1-3,8-9,13,15H,4-7,10-12,17H2,(H,18,19);1H. The van der Waals surface area contributed by atoms with Crippen LogP contribution in [0.25, 0.3) is 0 Å². The third-order valence-electron chi connectivity index (χ3n) is 4.00. The van der Waals surface area contributed by atoms with Crippen LogP contribution in [0.15, 0.2) is 30.3 Å². The van der Waals surface area contributed by atoms with Crippen LogP contribution in [0.3, 0.4) is 0 Å². The van der Waals surface area contributed by atoms with Gasteiger partial charge in [-0.05, 0) is 17.9 Å². The molecule has 1 aliphatic rings. The molecule has 3 nitrogen and oxygen atoms in total. The minimum absolute atomic E-state index is 0. The number of halogens is 1. The molecule has 1 aliphatic carbocycles. The van der Waals surface area contributed by atoms with E-state index in [1.54, 1.807) is 0 Å². The van der Waals surface area contributed by atoms with E-state index in [1.165, 1.54) is 25.7 Å². The van der Waals surface area contributed by atoms with Gasteiger partial charge in [0.25, 0.3) is 0 Å². The van der Waals surface area contributed by atoms with Gasteiger partial charge in [-0.3, -0.25) is 4.79 Å². The number of nitrogens with one attached hydrogen (secondary N) is 1. The molecule has 0 heterocycles. The summed E-state index contributed by atoms with van der Waals surface area (Å²) in [7, 11) is 0. The van der Waals surface area contributed by atoms with Gasteiger partial charge in [-0.25, -0.2) is 0 Å². The van der Waals surface area contributed by atoms with Crippen molar-refractivity contribution in [2.45, 2.75) is 44.6 Å². The SMILES string of the molecule is Cl.NC(CNC(=O)CCC1CCCC1)c1ccccc1. The zero-order chi connectivity index (χ0) is 13.5. The van der Waals surface area contributed by atoms with Crippen molar-refractivity contribution >= 4 is 18.3 Å². The molecule has 0 bridgehead atoms. The molecule has 1 amide bonds. The highest BCUT2D eigenvalue weighted by Gasteiger charge is 2.16. The minimum atomic E-state index is -0.114. The van der Waals surface area contributed by atoms with Gasteiger partial charge in [0, 0.05) is 19.0 Å².